The first-order chi connectivity index (χ1) is 8.42. The van der Waals surface area contributed by atoms with Crippen LogP contribution in [-0.2, 0) is 14.6 Å². The van der Waals surface area contributed by atoms with Crippen LogP contribution in [0.25, 0.3) is 0 Å². The van der Waals surface area contributed by atoms with Crippen molar-refractivity contribution in [2.75, 3.05) is 25.4 Å². The summed E-state index contributed by atoms with van der Waals surface area (Å²) in [5, 5.41) is 0. The molecule has 0 fully saturated rings. The van der Waals surface area contributed by atoms with Gasteiger partial charge in [0.05, 0.1) is 5.75 Å². The molecule has 0 saturated heterocycles. The number of nitrogens with two attached hydrogens (primary N) is 1. The predicted molar refractivity (Wildman–Crippen MR) is 70.2 cm³/mol. The number of benzene rings is 1. The van der Waals surface area contributed by atoms with Crippen molar-refractivity contribution in [3.63, 3.8) is 0 Å². The second kappa shape index (κ2) is 6.72. The number of sulfone groups is 1. The van der Waals surface area contributed by atoms with Crippen molar-refractivity contribution in [3.05, 3.63) is 29.8 Å². The van der Waals surface area contributed by atoms with Gasteiger partial charge >= 0.3 is 0 Å². The van der Waals surface area contributed by atoms with Crippen LogP contribution in [-0.4, -0.2) is 33.8 Å². The quantitative estimate of drug-likeness (QED) is 0.594. The van der Waals surface area contributed by atoms with Crippen molar-refractivity contribution >= 4 is 9.84 Å². The monoisotopic (exact) mass is 273 g/mol. The molecule has 1 aromatic rings. The lowest BCUT2D eigenvalue weighted by molar-refractivity contribution is 0.0224. The minimum Gasteiger partial charge on any atom is -0.468 e. The van der Waals surface area contributed by atoms with E-state index in [0.717, 1.165) is 5.56 Å². The van der Waals surface area contributed by atoms with E-state index >= 15 is 0 Å². The molecule has 18 heavy (non-hydrogen) atoms. The molecule has 0 aliphatic rings. The van der Waals surface area contributed by atoms with E-state index in [0.29, 0.717) is 12.4 Å². The van der Waals surface area contributed by atoms with Gasteiger partial charge in [-0.1, -0.05) is 12.1 Å². The standard InChI is InChI=1S/C12H19NO4S/c1-3-16-9-17-11-6-4-10(5-7-11)12(13)8-18(2,14)15/h4-7,12H,3,8-9,13H2,1-2H3/t12-/m1/s1. The summed E-state index contributed by atoms with van der Waals surface area (Å²) in [6.07, 6.45) is 1.17. The number of hydrogen-bond donors (Lipinski definition) is 1. The molecule has 0 heterocycles. The smallest absolute Gasteiger partial charge is 0.189 e. The highest BCUT2D eigenvalue weighted by Crippen LogP contribution is 2.17. The zero-order valence-corrected chi connectivity index (χ0v) is 11.4. The van der Waals surface area contributed by atoms with Gasteiger partial charge in [-0.05, 0) is 24.6 Å². The van der Waals surface area contributed by atoms with Gasteiger partial charge < -0.3 is 15.2 Å². The number of ether oxygens (including phenoxy) is 2. The lowest BCUT2D eigenvalue weighted by atomic mass is 10.1. The first-order valence-corrected chi connectivity index (χ1v) is 7.72. The molecule has 5 nitrogen and oxygen atoms in total. The van der Waals surface area contributed by atoms with Gasteiger partial charge in [-0.25, -0.2) is 8.42 Å². The van der Waals surface area contributed by atoms with Crippen LogP contribution in [0.1, 0.15) is 18.5 Å². The van der Waals surface area contributed by atoms with E-state index < -0.39 is 15.9 Å². The highest BCUT2D eigenvalue weighted by atomic mass is 32.2. The topological polar surface area (TPSA) is 78.6 Å². The van der Waals surface area contributed by atoms with Crippen LogP contribution in [0.2, 0.25) is 0 Å². The summed E-state index contributed by atoms with van der Waals surface area (Å²) in [5.41, 5.74) is 6.58. The van der Waals surface area contributed by atoms with Gasteiger partial charge in [0.15, 0.2) is 6.79 Å². The average molecular weight is 273 g/mol. The molecular formula is C12H19NO4S. The van der Waals surface area contributed by atoms with E-state index in [4.69, 9.17) is 15.2 Å². The summed E-state index contributed by atoms with van der Waals surface area (Å²) in [4.78, 5) is 0. The lowest BCUT2D eigenvalue weighted by Crippen LogP contribution is -2.20. The molecule has 0 unspecified atom stereocenters. The highest BCUT2D eigenvalue weighted by molar-refractivity contribution is 7.90. The maximum atomic E-state index is 11.1. The zero-order chi connectivity index (χ0) is 13.6. The summed E-state index contributed by atoms with van der Waals surface area (Å²) in [5.74, 6) is 0.602. The molecule has 1 aromatic carbocycles. The fourth-order valence-electron chi connectivity index (χ4n) is 1.43. The number of hydrogen-bond acceptors (Lipinski definition) is 5. The Hall–Kier alpha value is -1.11. The maximum absolute atomic E-state index is 11.1. The summed E-state index contributed by atoms with van der Waals surface area (Å²) < 4.78 is 32.6. The van der Waals surface area contributed by atoms with Crippen LogP contribution in [0, 0.1) is 0 Å². The molecule has 0 aromatic heterocycles. The molecule has 1 rings (SSSR count). The normalized spacial score (nSPS) is 13.3. The van der Waals surface area contributed by atoms with Crippen molar-refractivity contribution in [1.29, 1.82) is 0 Å². The Morgan fingerprint density at radius 1 is 1.28 bits per heavy atom. The zero-order valence-electron chi connectivity index (χ0n) is 10.6. The minimum absolute atomic E-state index is 0.0633. The van der Waals surface area contributed by atoms with Crippen LogP contribution in [0.3, 0.4) is 0 Å². The van der Waals surface area contributed by atoms with E-state index in [9.17, 15) is 8.42 Å². The molecule has 0 radical (unpaired) electrons. The van der Waals surface area contributed by atoms with Gasteiger partial charge in [-0.2, -0.15) is 0 Å². The van der Waals surface area contributed by atoms with Gasteiger partial charge in [0.2, 0.25) is 0 Å². The molecule has 0 amide bonds. The van der Waals surface area contributed by atoms with Crippen LogP contribution in [0.5, 0.6) is 5.75 Å². The maximum Gasteiger partial charge on any atom is 0.189 e. The molecule has 1 atom stereocenters. The first kappa shape index (κ1) is 14.9. The minimum atomic E-state index is -3.08. The lowest BCUT2D eigenvalue weighted by Gasteiger charge is -2.12. The molecule has 0 aliphatic carbocycles. The van der Waals surface area contributed by atoms with Crippen molar-refractivity contribution in [2.24, 2.45) is 5.73 Å². The Bertz CT molecular complexity index is 455. The first-order valence-electron chi connectivity index (χ1n) is 5.66. The molecule has 0 bridgehead atoms. The largest absolute Gasteiger partial charge is 0.468 e. The van der Waals surface area contributed by atoms with Crippen LogP contribution in [0.15, 0.2) is 24.3 Å². The molecule has 102 valence electrons. The van der Waals surface area contributed by atoms with E-state index in [2.05, 4.69) is 0 Å². The van der Waals surface area contributed by atoms with E-state index in [1.54, 1.807) is 24.3 Å². The Labute approximate surface area is 108 Å². The summed E-state index contributed by atoms with van der Waals surface area (Å²) in [7, 11) is -3.08. The van der Waals surface area contributed by atoms with E-state index in [1.807, 2.05) is 6.92 Å². The summed E-state index contributed by atoms with van der Waals surface area (Å²) in [6.45, 7) is 2.68. The molecular weight excluding hydrogens is 254 g/mol. The highest BCUT2D eigenvalue weighted by Gasteiger charge is 2.12. The van der Waals surface area contributed by atoms with E-state index in [1.165, 1.54) is 6.26 Å². The molecule has 6 heteroatoms. The molecule has 0 aliphatic heterocycles. The van der Waals surface area contributed by atoms with Crippen LogP contribution in [0.4, 0.5) is 0 Å². The SMILES string of the molecule is CCOCOc1ccc([C@H](N)CS(C)(=O)=O)cc1. The fraction of sp³-hybridized carbons (Fsp3) is 0.500. The molecule has 2 N–H and O–H groups in total. The fourth-order valence-corrected chi connectivity index (χ4v) is 2.27. The third kappa shape index (κ3) is 5.48. The average Bonchev–Trinajstić information content (AvgIpc) is 2.28. The second-order valence-corrected chi connectivity index (χ2v) is 6.21. The molecule has 0 saturated carbocycles. The van der Waals surface area contributed by atoms with Gasteiger partial charge in [-0.15, -0.1) is 0 Å². The third-order valence-electron chi connectivity index (χ3n) is 2.30. The predicted octanol–water partition coefficient (Wildman–Crippen LogP) is 1.10. The third-order valence-corrected chi connectivity index (χ3v) is 3.27. The van der Waals surface area contributed by atoms with Gasteiger partial charge in [0.1, 0.15) is 15.6 Å². The van der Waals surface area contributed by atoms with Gasteiger partial charge in [0, 0.05) is 18.9 Å². The van der Waals surface area contributed by atoms with Crippen molar-refractivity contribution in [1.82, 2.24) is 0 Å². The number of rotatable bonds is 7. The molecule has 0 spiro atoms. The van der Waals surface area contributed by atoms with Gasteiger partial charge in [-0.3, -0.25) is 0 Å². The van der Waals surface area contributed by atoms with Crippen molar-refractivity contribution in [2.45, 2.75) is 13.0 Å². The Kier molecular flexibility index (Phi) is 5.58. The van der Waals surface area contributed by atoms with E-state index in [-0.39, 0.29) is 12.5 Å². The summed E-state index contributed by atoms with van der Waals surface area (Å²) >= 11 is 0. The van der Waals surface area contributed by atoms with Crippen LogP contribution < -0.4 is 10.5 Å². The van der Waals surface area contributed by atoms with Crippen LogP contribution >= 0.6 is 0 Å². The van der Waals surface area contributed by atoms with Crippen molar-refractivity contribution in [3.8, 4) is 5.75 Å². The summed E-state index contributed by atoms with van der Waals surface area (Å²) in [6, 6.07) is 6.50. The van der Waals surface area contributed by atoms with Crippen molar-refractivity contribution < 1.29 is 17.9 Å². The van der Waals surface area contributed by atoms with Gasteiger partial charge in [0.25, 0.3) is 0 Å². The Morgan fingerprint density at radius 3 is 2.39 bits per heavy atom. The second-order valence-electron chi connectivity index (χ2n) is 4.02. The Balaban J connectivity index is 2.59. The Morgan fingerprint density at radius 2 is 1.89 bits per heavy atom.